The third-order valence-corrected chi connectivity index (χ3v) is 4.37. The van der Waals surface area contributed by atoms with Gasteiger partial charge in [0.05, 0.1) is 11.9 Å². The normalized spacial score (nSPS) is 20.5. The monoisotopic (exact) mass is 300 g/mol. The molecule has 1 unspecified atom stereocenters. The molecule has 0 aliphatic carbocycles. The van der Waals surface area contributed by atoms with Crippen molar-refractivity contribution in [2.24, 2.45) is 5.92 Å². The van der Waals surface area contributed by atoms with E-state index < -0.39 is 0 Å². The molecular weight excluding hydrogens is 276 g/mol. The molecule has 0 saturated carbocycles. The van der Waals surface area contributed by atoms with Crippen molar-refractivity contribution in [3.8, 4) is 0 Å². The first-order valence-electron chi connectivity index (χ1n) is 7.90. The van der Waals surface area contributed by atoms with Crippen molar-refractivity contribution in [1.82, 2.24) is 20.0 Å². The van der Waals surface area contributed by atoms with Crippen LogP contribution in [0.3, 0.4) is 0 Å². The van der Waals surface area contributed by atoms with Crippen LogP contribution in [0.1, 0.15) is 37.9 Å². The molecule has 1 amide bonds. The number of hydrogen-bond donors (Lipinski definition) is 2. The lowest BCUT2D eigenvalue weighted by Gasteiger charge is -2.16. The molecule has 1 saturated heterocycles. The highest BCUT2D eigenvalue weighted by atomic mass is 16.2. The molecule has 1 aliphatic rings. The molecule has 118 valence electrons. The molecule has 2 N–H and O–H groups in total. The van der Waals surface area contributed by atoms with Crippen LogP contribution >= 0.6 is 0 Å². The lowest BCUT2D eigenvalue weighted by Crippen LogP contribution is -2.34. The number of hydrogen-bond acceptors (Lipinski definition) is 3. The Morgan fingerprint density at radius 1 is 1.50 bits per heavy atom. The highest BCUT2D eigenvalue weighted by Crippen LogP contribution is 2.26. The second kappa shape index (κ2) is 5.72. The Kier molecular flexibility index (Phi) is 3.91. The smallest absolute Gasteiger partial charge is 0.223 e. The number of carbonyl (C=O) groups excluding carboxylic acids is 1. The van der Waals surface area contributed by atoms with Gasteiger partial charge in [-0.25, -0.2) is 4.98 Å². The van der Waals surface area contributed by atoms with Crippen molar-refractivity contribution in [2.75, 3.05) is 6.54 Å². The van der Waals surface area contributed by atoms with E-state index in [2.05, 4.69) is 46.9 Å². The SMILES string of the molecule is Cc1cccn2c(CNCCC3CC(C)(C)NC3=O)cnc12. The van der Waals surface area contributed by atoms with E-state index in [1.807, 2.05) is 18.5 Å². The molecule has 5 heteroatoms. The van der Waals surface area contributed by atoms with Crippen LogP contribution < -0.4 is 10.6 Å². The first-order chi connectivity index (χ1) is 10.5. The number of aryl methyl sites for hydroxylation is 1. The molecule has 3 heterocycles. The minimum atomic E-state index is -0.0546. The van der Waals surface area contributed by atoms with Crippen molar-refractivity contribution in [1.29, 1.82) is 0 Å². The first-order valence-corrected chi connectivity index (χ1v) is 7.90. The fraction of sp³-hybridized carbons (Fsp3) is 0.529. The van der Waals surface area contributed by atoms with Gasteiger partial charge in [-0.05, 0) is 51.8 Å². The van der Waals surface area contributed by atoms with Crippen molar-refractivity contribution in [2.45, 2.75) is 45.7 Å². The highest BCUT2D eigenvalue weighted by molar-refractivity contribution is 5.81. The molecule has 0 aromatic carbocycles. The Hall–Kier alpha value is -1.88. The number of rotatable bonds is 5. The lowest BCUT2D eigenvalue weighted by atomic mass is 9.94. The van der Waals surface area contributed by atoms with Gasteiger partial charge in [-0.3, -0.25) is 4.79 Å². The molecule has 0 spiro atoms. The van der Waals surface area contributed by atoms with Crippen LogP contribution in [0.25, 0.3) is 5.65 Å². The molecule has 2 aromatic rings. The number of fused-ring (bicyclic) bond motifs is 1. The summed E-state index contributed by atoms with van der Waals surface area (Å²) in [6.45, 7) is 7.84. The lowest BCUT2D eigenvalue weighted by molar-refractivity contribution is -0.122. The zero-order valence-corrected chi connectivity index (χ0v) is 13.5. The van der Waals surface area contributed by atoms with Gasteiger partial charge in [0, 0.05) is 24.2 Å². The van der Waals surface area contributed by atoms with Crippen molar-refractivity contribution < 1.29 is 4.79 Å². The van der Waals surface area contributed by atoms with E-state index >= 15 is 0 Å². The molecule has 1 atom stereocenters. The van der Waals surface area contributed by atoms with Crippen molar-refractivity contribution >= 4 is 11.6 Å². The summed E-state index contributed by atoms with van der Waals surface area (Å²) in [6, 6.07) is 4.11. The summed E-state index contributed by atoms with van der Waals surface area (Å²) in [7, 11) is 0. The number of pyridine rings is 1. The van der Waals surface area contributed by atoms with Gasteiger partial charge in [-0.2, -0.15) is 0 Å². The van der Waals surface area contributed by atoms with E-state index in [9.17, 15) is 4.79 Å². The summed E-state index contributed by atoms with van der Waals surface area (Å²) >= 11 is 0. The van der Waals surface area contributed by atoms with Crippen LogP contribution in [0.2, 0.25) is 0 Å². The van der Waals surface area contributed by atoms with Crippen LogP contribution in [0, 0.1) is 12.8 Å². The molecule has 22 heavy (non-hydrogen) atoms. The molecule has 5 nitrogen and oxygen atoms in total. The Bertz CT molecular complexity index is 689. The van der Waals surface area contributed by atoms with Gasteiger partial charge in [-0.1, -0.05) is 6.07 Å². The molecule has 0 radical (unpaired) electrons. The molecule has 1 aliphatic heterocycles. The van der Waals surface area contributed by atoms with Crippen LogP contribution in [0.5, 0.6) is 0 Å². The summed E-state index contributed by atoms with van der Waals surface area (Å²) < 4.78 is 2.12. The summed E-state index contributed by atoms with van der Waals surface area (Å²) in [5, 5.41) is 6.48. The Morgan fingerprint density at radius 2 is 2.32 bits per heavy atom. The quantitative estimate of drug-likeness (QED) is 0.831. The average molecular weight is 300 g/mol. The predicted molar refractivity (Wildman–Crippen MR) is 86.6 cm³/mol. The Morgan fingerprint density at radius 3 is 3.05 bits per heavy atom. The van der Waals surface area contributed by atoms with Gasteiger partial charge in [0.1, 0.15) is 5.65 Å². The Balaban J connectivity index is 1.53. The molecule has 1 fully saturated rings. The summed E-state index contributed by atoms with van der Waals surface area (Å²) in [5.74, 6) is 0.323. The largest absolute Gasteiger partial charge is 0.351 e. The molecule has 3 rings (SSSR count). The summed E-state index contributed by atoms with van der Waals surface area (Å²) in [5.41, 5.74) is 3.28. The van der Waals surface area contributed by atoms with Crippen molar-refractivity contribution in [3.63, 3.8) is 0 Å². The van der Waals surface area contributed by atoms with E-state index in [1.54, 1.807) is 0 Å². The minimum absolute atomic E-state index is 0.0546. The first kappa shape index (κ1) is 15.0. The predicted octanol–water partition coefficient (Wildman–Crippen LogP) is 2.04. The standard InChI is InChI=1S/C17H24N4O/c1-12-5-4-8-21-14(11-19-15(12)21)10-18-7-6-13-9-17(2,3)20-16(13)22/h4-5,8,11,13,18H,6-7,9-10H2,1-3H3,(H,20,22). The van der Waals surface area contributed by atoms with Gasteiger partial charge in [-0.15, -0.1) is 0 Å². The minimum Gasteiger partial charge on any atom is -0.351 e. The number of aromatic nitrogens is 2. The maximum absolute atomic E-state index is 11.9. The second-order valence-corrected chi connectivity index (χ2v) is 6.87. The van der Waals surface area contributed by atoms with Gasteiger partial charge in [0.15, 0.2) is 0 Å². The zero-order valence-electron chi connectivity index (χ0n) is 13.5. The van der Waals surface area contributed by atoms with E-state index in [4.69, 9.17) is 0 Å². The van der Waals surface area contributed by atoms with Gasteiger partial charge >= 0.3 is 0 Å². The maximum Gasteiger partial charge on any atom is 0.223 e. The molecular formula is C17H24N4O. The number of nitrogens with zero attached hydrogens (tertiary/aromatic N) is 2. The van der Waals surface area contributed by atoms with E-state index in [0.717, 1.165) is 37.3 Å². The number of carbonyl (C=O) groups is 1. The van der Waals surface area contributed by atoms with Crippen LogP contribution in [-0.4, -0.2) is 27.4 Å². The topological polar surface area (TPSA) is 58.4 Å². The van der Waals surface area contributed by atoms with E-state index in [-0.39, 0.29) is 17.4 Å². The van der Waals surface area contributed by atoms with E-state index in [1.165, 1.54) is 5.56 Å². The summed E-state index contributed by atoms with van der Waals surface area (Å²) in [6.07, 6.45) is 5.76. The van der Waals surface area contributed by atoms with Crippen LogP contribution in [0.4, 0.5) is 0 Å². The van der Waals surface area contributed by atoms with Crippen LogP contribution in [0.15, 0.2) is 24.5 Å². The van der Waals surface area contributed by atoms with Gasteiger partial charge in [0.25, 0.3) is 0 Å². The van der Waals surface area contributed by atoms with Gasteiger partial charge in [0.2, 0.25) is 5.91 Å². The Labute approximate surface area is 131 Å². The number of imidazole rings is 1. The third kappa shape index (κ3) is 2.99. The fourth-order valence-electron chi connectivity index (χ4n) is 3.25. The third-order valence-electron chi connectivity index (χ3n) is 4.37. The van der Waals surface area contributed by atoms with E-state index in [0.29, 0.717) is 0 Å². The van der Waals surface area contributed by atoms with Crippen molar-refractivity contribution in [3.05, 3.63) is 35.8 Å². The molecule has 2 aromatic heterocycles. The average Bonchev–Trinajstić information content (AvgIpc) is 2.97. The maximum atomic E-state index is 11.9. The number of nitrogens with one attached hydrogen (secondary N) is 2. The van der Waals surface area contributed by atoms with Crippen LogP contribution in [-0.2, 0) is 11.3 Å². The summed E-state index contributed by atoms with van der Waals surface area (Å²) in [4.78, 5) is 16.3. The second-order valence-electron chi connectivity index (χ2n) is 6.87. The highest BCUT2D eigenvalue weighted by Gasteiger charge is 2.36. The van der Waals surface area contributed by atoms with Gasteiger partial charge < -0.3 is 15.0 Å². The number of amides is 1. The molecule has 0 bridgehead atoms. The fourth-order valence-corrected chi connectivity index (χ4v) is 3.25. The zero-order chi connectivity index (χ0) is 15.7.